The molecule has 5 aliphatic rings. The van der Waals surface area contributed by atoms with Crippen LogP contribution in [0.5, 0.6) is 0 Å². The number of Topliss-reactive ketones (excluding diaryl/α,β-unsaturated/α-hetero) is 1. The number of nitrogens with one attached hydrogen (secondary N) is 1. The number of rotatable bonds is 6. The fraction of sp³-hybridized carbons (Fsp3) is 0.606. The van der Waals surface area contributed by atoms with Gasteiger partial charge in [-0.25, -0.2) is 17.6 Å². The summed E-state index contributed by atoms with van der Waals surface area (Å²) in [5.74, 6) is -3.79. The van der Waals surface area contributed by atoms with Crippen molar-refractivity contribution >= 4 is 39.6 Å². The van der Waals surface area contributed by atoms with Gasteiger partial charge in [-0.15, -0.1) is 0 Å². The summed E-state index contributed by atoms with van der Waals surface area (Å²) in [4.78, 5) is 69.5. The fourth-order valence-electron chi connectivity index (χ4n) is 6.99. The van der Waals surface area contributed by atoms with Gasteiger partial charge in [0.05, 0.1) is 34.6 Å². The largest absolute Gasteiger partial charge is 1.00 e. The summed E-state index contributed by atoms with van der Waals surface area (Å²) in [5, 5.41) is 2.07. The molecule has 3 fully saturated rings. The second kappa shape index (κ2) is 14.6. The van der Waals surface area contributed by atoms with Gasteiger partial charge in [-0.2, -0.15) is 0 Å². The molecule has 1 aromatic rings. The number of carbonyl (C=O) groups excluding carboxylic acids is 5. The van der Waals surface area contributed by atoms with Crippen LogP contribution >= 0.6 is 0 Å². The average Bonchev–Trinajstić information content (AvgIpc) is 3.89. The van der Waals surface area contributed by atoms with Gasteiger partial charge in [0, 0.05) is 42.0 Å². The fourth-order valence-corrected chi connectivity index (χ4v) is 8.27. The molecule has 6 rings (SSSR count). The van der Waals surface area contributed by atoms with E-state index in [1.807, 2.05) is 12.2 Å². The van der Waals surface area contributed by atoms with E-state index in [-0.39, 0.29) is 74.2 Å². The number of hydrogen-bond acceptors (Lipinski definition) is 8. The number of hydrogen-bond donors (Lipinski definition) is 1. The Hall–Kier alpha value is -2.81. The Morgan fingerprint density at radius 1 is 1.10 bits per heavy atom. The van der Waals surface area contributed by atoms with E-state index >= 15 is 0 Å². The molecule has 2 saturated carbocycles. The predicted octanol–water partition coefficient (Wildman–Crippen LogP) is 0.634. The molecule has 3 aliphatic heterocycles. The Morgan fingerprint density at radius 3 is 2.58 bits per heavy atom. The minimum Gasteiger partial charge on any atom is -0.544 e. The average molecular weight is 695 g/mol. The van der Waals surface area contributed by atoms with E-state index in [0.717, 1.165) is 12.8 Å². The number of sulfonamides is 1. The van der Waals surface area contributed by atoms with Crippen LogP contribution in [0.3, 0.4) is 0 Å². The number of carbonyl (C=O) groups is 5. The van der Waals surface area contributed by atoms with Gasteiger partial charge in [0.1, 0.15) is 23.7 Å². The third kappa shape index (κ3) is 7.81. The molecule has 0 spiro atoms. The van der Waals surface area contributed by atoms with Crippen molar-refractivity contribution in [3.8, 4) is 0 Å². The van der Waals surface area contributed by atoms with Crippen LogP contribution in [0.2, 0.25) is 0 Å². The summed E-state index contributed by atoms with van der Waals surface area (Å²) in [6.07, 6.45) is 6.51. The van der Waals surface area contributed by atoms with Gasteiger partial charge in [0.25, 0.3) is 0 Å². The Morgan fingerprint density at radius 2 is 1.88 bits per heavy atom. The van der Waals surface area contributed by atoms with Crippen molar-refractivity contribution < 1.29 is 71.1 Å². The molecule has 3 heterocycles. The molecular formula is C33H40FN4NaO8S. The van der Waals surface area contributed by atoms with Gasteiger partial charge in [-0.1, -0.05) is 37.1 Å². The number of allylic oxidation sites excluding steroid dienone is 1. The first kappa shape index (κ1) is 36.5. The summed E-state index contributed by atoms with van der Waals surface area (Å²) in [7, 11) is -4.01. The molecule has 12 nitrogen and oxygen atoms in total. The van der Waals surface area contributed by atoms with E-state index < -0.39 is 74.4 Å². The molecule has 254 valence electrons. The minimum atomic E-state index is -4.01. The normalized spacial score (nSPS) is 29.5. The maximum absolute atomic E-state index is 14.3. The zero-order valence-corrected chi connectivity index (χ0v) is 30.2. The van der Waals surface area contributed by atoms with E-state index in [4.69, 9.17) is 4.74 Å². The molecule has 15 heteroatoms. The zero-order valence-electron chi connectivity index (χ0n) is 27.4. The topological polar surface area (TPSA) is 161 Å². The molecule has 1 saturated heterocycles. The van der Waals surface area contributed by atoms with Gasteiger partial charge in [0.15, 0.2) is 0 Å². The van der Waals surface area contributed by atoms with Crippen molar-refractivity contribution in [2.24, 2.45) is 11.8 Å². The summed E-state index contributed by atoms with van der Waals surface area (Å²) >= 11 is 0. The van der Waals surface area contributed by atoms with Crippen LogP contribution in [0.25, 0.3) is 4.72 Å². The molecule has 1 N–H and O–H groups in total. The summed E-state index contributed by atoms with van der Waals surface area (Å²) in [6, 6.07) is 3.47. The first-order valence-electron chi connectivity index (χ1n) is 16.4. The maximum atomic E-state index is 14.3. The van der Waals surface area contributed by atoms with Crippen molar-refractivity contribution in [1.82, 2.24) is 15.1 Å². The summed E-state index contributed by atoms with van der Waals surface area (Å²) in [6.45, 7) is 1.47. The van der Waals surface area contributed by atoms with Crippen LogP contribution in [0.4, 0.5) is 9.18 Å². The Balaban J connectivity index is 0.00000451. The van der Waals surface area contributed by atoms with E-state index in [1.54, 1.807) is 12.1 Å². The number of benzene rings is 1. The van der Waals surface area contributed by atoms with Crippen LogP contribution in [0.15, 0.2) is 30.4 Å². The molecule has 0 radical (unpaired) electrons. The van der Waals surface area contributed by atoms with Crippen LogP contribution in [-0.4, -0.2) is 77.3 Å². The Bertz CT molecular complexity index is 1620. The molecule has 0 aromatic heterocycles. The molecule has 0 unspecified atom stereocenters. The third-order valence-corrected chi connectivity index (χ3v) is 11.6. The standard InChI is InChI=1S/C33H41FN4O8S.Na/c1-20(39)14-21-8-5-3-2-4-6-10-23-16-33(23,31(42)36-47(44,45)25-12-13-25)35-29(40)28-15-24(18-38(28)30(21)41)46-32(43)37-17-22-9-7-11-27(34)26(22)19-37;/h6-7,9-11,21,23-25,28H,2-5,8,12-19H2,1H3,(H2,35,36,40,42);/q;+1/p-1/b10-6-;/t21-,23-,24-,28+,33-;/m1./s1. The zero-order chi connectivity index (χ0) is 33.5. The van der Waals surface area contributed by atoms with Crippen molar-refractivity contribution in [2.75, 3.05) is 6.54 Å². The van der Waals surface area contributed by atoms with Crippen molar-refractivity contribution in [3.05, 3.63) is 52.0 Å². The van der Waals surface area contributed by atoms with Crippen molar-refractivity contribution in [3.63, 3.8) is 0 Å². The van der Waals surface area contributed by atoms with Gasteiger partial charge in [-0.05, 0) is 57.1 Å². The summed E-state index contributed by atoms with van der Waals surface area (Å²) < 4.78 is 48.9. The van der Waals surface area contributed by atoms with Gasteiger partial charge in [-0.3, -0.25) is 14.5 Å². The SMILES string of the molecule is CC(=O)C[C@H]1CCCCC/C=C\[C@@H]2C[C@@]2(C(=O)[N-]S(=O)(=O)C2CC2)NC(=O)[C@@H]2C[C@@H](OC(=O)N3Cc4cccc(F)c4C3)CN2C1=O.[Na+]. The number of ether oxygens (including phenoxy) is 1. The maximum Gasteiger partial charge on any atom is 1.00 e. The number of ketones is 1. The molecule has 5 atom stereocenters. The van der Waals surface area contributed by atoms with Crippen LogP contribution in [-0.2, 0) is 47.0 Å². The van der Waals surface area contributed by atoms with Crippen LogP contribution < -0.4 is 34.9 Å². The number of amides is 4. The van der Waals surface area contributed by atoms with Crippen LogP contribution in [0, 0.1) is 17.7 Å². The molecule has 48 heavy (non-hydrogen) atoms. The van der Waals surface area contributed by atoms with Crippen molar-refractivity contribution in [2.45, 2.75) is 107 Å². The molecular weight excluding hydrogens is 654 g/mol. The summed E-state index contributed by atoms with van der Waals surface area (Å²) in [5.41, 5.74) is -0.495. The number of halogens is 1. The van der Waals surface area contributed by atoms with Crippen LogP contribution in [0.1, 0.15) is 82.3 Å². The second-order valence-corrected chi connectivity index (χ2v) is 15.4. The van der Waals surface area contributed by atoms with E-state index in [9.17, 15) is 36.8 Å². The van der Waals surface area contributed by atoms with Gasteiger partial charge in [0.2, 0.25) is 11.8 Å². The molecule has 2 aliphatic carbocycles. The number of nitrogens with zero attached hydrogens (tertiary/aromatic N) is 3. The monoisotopic (exact) mass is 694 g/mol. The molecule has 0 bridgehead atoms. The Labute approximate surface area is 301 Å². The van der Waals surface area contributed by atoms with Gasteiger partial charge >= 0.3 is 35.7 Å². The van der Waals surface area contributed by atoms with Gasteiger partial charge < -0.3 is 29.3 Å². The van der Waals surface area contributed by atoms with E-state index in [0.29, 0.717) is 43.2 Å². The first-order valence-corrected chi connectivity index (χ1v) is 17.9. The van der Waals surface area contributed by atoms with E-state index in [1.165, 1.54) is 22.8 Å². The molecule has 1 aromatic carbocycles. The first-order chi connectivity index (χ1) is 22.4. The third-order valence-electron chi connectivity index (χ3n) is 9.87. The molecule has 4 amide bonds. The minimum absolute atomic E-state index is 0. The Kier molecular flexibility index (Phi) is 11.1. The predicted molar refractivity (Wildman–Crippen MR) is 166 cm³/mol. The second-order valence-electron chi connectivity index (χ2n) is 13.5. The number of fused-ring (bicyclic) bond motifs is 3. The smallest absolute Gasteiger partial charge is 0.544 e. The van der Waals surface area contributed by atoms with Crippen molar-refractivity contribution in [1.29, 1.82) is 0 Å². The quantitative estimate of drug-likeness (QED) is 0.335. The van der Waals surface area contributed by atoms with E-state index in [2.05, 4.69) is 10.0 Å².